The molecule has 0 aliphatic heterocycles. The standard InChI is InChI=1S/C84H116S9/c1-7-13-19-25-31-37-45-63-65(47-39-33-27-21-15-9-3)81(91-79(63)73-51-43-61-85-73)75-57-53-69(87-75)71-55-59-77(89-71)83-67(49-41-35-29-23-17-11-5)68(50-42-36-30-24-18-12-6)84(93-83)78-60-56-72(90-78)70-54-58-76(88-70)82-66(48-40-34-28-22-16-10-4)64(46-38-32-26-20-14-8-2)80(92-82)74-52-44-62-86-74/h43-44,51-62H,7-42,45-50H2,1-6H3. The third-order valence-electron chi connectivity index (χ3n) is 19.3. The minimum Gasteiger partial charge on any atom is -0.143 e. The summed E-state index contributed by atoms with van der Waals surface area (Å²) in [6, 6.07) is 29.4. The molecule has 0 bridgehead atoms. The smallest absolute Gasteiger partial charge is 0.0484 e. The Morgan fingerprint density at radius 2 is 0.366 bits per heavy atom. The van der Waals surface area contributed by atoms with Gasteiger partial charge < -0.3 is 0 Å². The van der Waals surface area contributed by atoms with Crippen molar-refractivity contribution in [2.45, 2.75) is 311 Å². The SMILES string of the molecule is CCCCCCCCc1c(-c2cccs2)sc(-c2ccc(-c3ccc(-c4sc(-c5ccc(-c6ccc(-c7sc(-c8cccs8)c(CCCCCCCC)c7CCCCCCCC)s6)s5)c(CCCCCCCC)c4CCCCCCCC)s3)s2)c1CCCCCCCC. The molecule has 9 aromatic heterocycles. The fourth-order valence-electron chi connectivity index (χ4n) is 14.0. The van der Waals surface area contributed by atoms with E-state index >= 15 is 0 Å². The minimum atomic E-state index is 1.19. The summed E-state index contributed by atoms with van der Waals surface area (Å²) in [5.74, 6) is 0. The monoisotopic (exact) mass is 1410 g/mol. The molecular weight excluding hydrogens is 1300 g/mol. The van der Waals surface area contributed by atoms with Crippen molar-refractivity contribution in [1.29, 1.82) is 0 Å². The topological polar surface area (TPSA) is 0 Å². The lowest BCUT2D eigenvalue weighted by Gasteiger charge is -2.10. The number of unbranched alkanes of at least 4 members (excludes halogenated alkanes) is 30. The highest BCUT2D eigenvalue weighted by atomic mass is 32.1. The van der Waals surface area contributed by atoms with Gasteiger partial charge in [0.2, 0.25) is 0 Å². The quantitative estimate of drug-likeness (QED) is 0.0333. The van der Waals surface area contributed by atoms with Gasteiger partial charge in [0, 0.05) is 78.0 Å². The minimum absolute atomic E-state index is 1.19. The van der Waals surface area contributed by atoms with E-state index < -0.39 is 0 Å². The van der Waals surface area contributed by atoms with E-state index in [1.165, 1.54) is 318 Å². The van der Waals surface area contributed by atoms with Gasteiger partial charge in [0.15, 0.2) is 0 Å². The van der Waals surface area contributed by atoms with Gasteiger partial charge in [-0.2, -0.15) is 0 Å². The fourth-order valence-corrected chi connectivity index (χ4v) is 24.7. The van der Waals surface area contributed by atoms with Gasteiger partial charge in [-0.25, -0.2) is 0 Å². The van der Waals surface area contributed by atoms with Crippen molar-refractivity contribution in [1.82, 2.24) is 0 Å². The summed E-state index contributed by atoms with van der Waals surface area (Å²) in [4.78, 5) is 24.0. The number of hydrogen-bond acceptors (Lipinski definition) is 9. The Morgan fingerprint density at radius 1 is 0.183 bits per heavy atom. The summed E-state index contributed by atoms with van der Waals surface area (Å²) in [6.07, 6.45) is 55.5. The zero-order valence-corrected chi connectivity index (χ0v) is 65.8. The summed E-state index contributed by atoms with van der Waals surface area (Å²) in [5, 5.41) is 4.59. The second-order valence-corrected chi connectivity index (χ2v) is 36.2. The molecular formula is C84H116S9. The lowest BCUT2D eigenvalue weighted by Crippen LogP contribution is -1.95. The highest BCUT2D eigenvalue weighted by Gasteiger charge is 2.27. The lowest BCUT2D eigenvalue weighted by molar-refractivity contribution is 0.600. The Labute approximate surface area is 602 Å². The van der Waals surface area contributed by atoms with Crippen molar-refractivity contribution in [3.63, 3.8) is 0 Å². The van der Waals surface area contributed by atoms with Crippen molar-refractivity contribution in [3.05, 3.63) is 117 Å². The van der Waals surface area contributed by atoms with Crippen molar-refractivity contribution in [2.75, 3.05) is 0 Å². The highest BCUT2D eigenvalue weighted by molar-refractivity contribution is 7.32. The molecule has 506 valence electrons. The first-order chi connectivity index (χ1) is 46.0. The zero-order chi connectivity index (χ0) is 64.7. The molecule has 93 heavy (non-hydrogen) atoms. The molecule has 0 aliphatic carbocycles. The molecule has 0 radical (unpaired) electrons. The first-order valence-corrected chi connectivity index (χ1v) is 45.4. The van der Waals surface area contributed by atoms with Crippen molar-refractivity contribution in [3.8, 4) is 78.0 Å². The van der Waals surface area contributed by atoms with Crippen LogP contribution in [0.3, 0.4) is 0 Å². The molecule has 0 saturated heterocycles. The molecule has 0 fully saturated rings. The first kappa shape index (κ1) is 74.5. The summed E-state index contributed by atoms with van der Waals surface area (Å²) in [7, 11) is 0. The molecule has 0 amide bonds. The van der Waals surface area contributed by atoms with E-state index in [4.69, 9.17) is 0 Å². The van der Waals surface area contributed by atoms with Gasteiger partial charge in [0.05, 0.1) is 0 Å². The third kappa shape index (κ3) is 22.1. The molecule has 9 heteroatoms. The van der Waals surface area contributed by atoms with Gasteiger partial charge >= 0.3 is 0 Å². The van der Waals surface area contributed by atoms with E-state index in [9.17, 15) is 0 Å². The molecule has 9 aromatic rings. The van der Waals surface area contributed by atoms with Crippen LogP contribution in [0.1, 0.15) is 306 Å². The van der Waals surface area contributed by atoms with Gasteiger partial charge in [0.25, 0.3) is 0 Å². The van der Waals surface area contributed by atoms with Gasteiger partial charge in [0.1, 0.15) is 0 Å². The normalized spacial score (nSPS) is 11.8. The van der Waals surface area contributed by atoms with Crippen LogP contribution in [0.5, 0.6) is 0 Å². The molecule has 0 N–H and O–H groups in total. The van der Waals surface area contributed by atoms with Crippen molar-refractivity contribution < 1.29 is 0 Å². The highest BCUT2D eigenvalue weighted by Crippen LogP contribution is 2.54. The van der Waals surface area contributed by atoms with Crippen LogP contribution < -0.4 is 0 Å². The van der Waals surface area contributed by atoms with Gasteiger partial charge in [-0.05, 0) is 182 Å². The number of thiophene rings is 9. The second kappa shape index (κ2) is 42.3. The van der Waals surface area contributed by atoms with Crippen LogP contribution in [0.25, 0.3) is 78.0 Å². The van der Waals surface area contributed by atoms with E-state index in [2.05, 4.69) is 204 Å². The molecule has 0 atom stereocenters. The summed E-state index contributed by atoms with van der Waals surface area (Å²) < 4.78 is 0. The predicted octanol–water partition coefficient (Wildman–Crippen LogP) is 33.0. The fraction of sp³-hybridized carbons (Fsp3) is 0.571. The van der Waals surface area contributed by atoms with Crippen LogP contribution in [0.15, 0.2) is 83.6 Å². The molecule has 0 saturated carbocycles. The van der Waals surface area contributed by atoms with Crippen molar-refractivity contribution >= 4 is 102 Å². The number of hydrogen-bond donors (Lipinski definition) is 0. The maximum Gasteiger partial charge on any atom is 0.0484 e. The molecule has 0 unspecified atom stereocenters. The van der Waals surface area contributed by atoms with E-state index in [0.717, 1.165) is 0 Å². The molecule has 9 heterocycles. The van der Waals surface area contributed by atoms with E-state index in [1.807, 2.05) is 22.7 Å². The summed E-state index contributed by atoms with van der Waals surface area (Å²) in [5.41, 5.74) is 10.1. The second-order valence-electron chi connectivity index (χ2n) is 26.9. The average molecular weight is 1410 g/mol. The van der Waals surface area contributed by atoms with E-state index in [-0.39, 0.29) is 0 Å². The molecule has 0 aliphatic rings. The molecule has 0 nitrogen and oxygen atoms in total. The summed E-state index contributed by atoms with van der Waals surface area (Å²) >= 11 is 18.6. The Balaban J connectivity index is 1.04. The van der Waals surface area contributed by atoms with Crippen LogP contribution in [-0.2, 0) is 38.5 Å². The maximum atomic E-state index is 2.53. The van der Waals surface area contributed by atoms with Gasteiger partial charge in [-0.3, -0.25) is 0 Å². The third-order valence-corrected chi connectivity index (χ3v) is 30.7. The Bertz CT molecular complexity index is 3200. The predicted molar refractivity (Wildman–Crippen MR) is 433 cm³/mol. The Hall–Kier alpha value is -2.70. The lowest BCUT2D eigenvalue weighted by atomic mass is 9.95. The number of rotatable bonds is 50. The Morgan fingerprint density at radius 3 is 0.559 bits per heavy atom. The van der Waals surface area contributed by atoms with E-state index in [0.29, 0.717) is 0 Å². The van der Waals surface area contributed by atoms with Crippen LogP contribution >= 0.6 is 102 Å². The largest absolute Gasteiger partial charge is 0.143 e. The van der Waals surface area contributed by atoms with Gasteiger partial charge in [-0.15, -0.1) is 102 Å². The average Bonchev–Trinajstić information content (AvgIpc) is 1.65. The Kier molecular flexibility index (Phi) is 33.9. The van der Waals surface area contributed by atoms with Crippen LogP contribution in [-0.4, -0.2) is 0 Å². The van der Waals surface area contributed by atoms with Crippen LogP contribution in [0.2, 0.25) is 0 Å². The molecule has 0 aromatic carbocycles. The van der Waals surface area contributed by atoms with E-state index in [1.54, 1.807) is 62.6 Å². The summed E-state index contributed by atoms with van der Waals surface area (Å²) in [6.45, 7) is 14.1. The maximum absolute atomic E-state index is 2.53. The zero-order valence-electron chi connectivity index (χ0n) is 58.5. The van der Waals surface area contributed by atoms with Crippen molar-refractivity contribution in [2.24, 2.45) is 0 Å². The molecule has 9 rings (SSSR count). The first-order valence-electron chi connectivity index (χ1n) is 37.9. The molecule has 0 spiro atoms. The van der Waals surface area contributed by atoms with Crippen LogP contribution in [0.4, 0.5) is 0 Å². The van der Waals surface area contributed by atoms with Gasteiger partial charge in [-0.1, -0.05) is 246 Å². The van der Waals surface area contributed by atoms with Crippen LogP contribution in [0, 0.1) is 0 Å².